The summed E-state index contributed by atoms with van der Waals surface area (Å²) in [6.07, 6.45) is 5.94. The lowest BCUT2D eigenvalue weighted by atomic mass is 9.78. The van der Waals surface area contributed by atoms with Crippen LogP contribution in [0.15, 0.2) is 183 Å². The van der Waals surface area contributed by atoms with E-state index < -0.39 is 0 Å². The summed E-state index contributed by atoms with van der Waals surface area (Å²) in [5.41, 5.74) is 14.8. The Morgan fingerprint density at radius 3 is 1.30 bits per heavy atom. The van der Waals surface area contributed by atoms with Crippen molar-refractivity contribution in [3.8, 4) is 51.0 Å². The highest BCUT2D eigenvalue weighted by Gasteiger charge is 2.33. The highest BCUT2D eigenvalue weighted by atomic mass is 32.1. The van der Waals surface area contributed by atoms with Crippen LogP contribution >= 0.6 is 22.7 Å². The van der Waals surface area contributed by atoms with Crippen LogP contribution < -0.4 is 0 Å². The zero-order valence-electron chi connectivity index (χ0n) is 47.7. The molecule has 0 amide bonds. The molecular weight excluding hydrogens is 997 g/mol. The molecule has 0 fully saturated rings. The van der Waals surface area contributed by atoms with E-state index in [-0.39, 0.29) is 21.7 Å². The molecule has 0 bridgehead atoms. The number of aromatic nitrogens is 4. The first-order valence-corrected chi connectivity index (χ1v) is 29.2. The molecule has 0 radical (unpaired) electrons. The second-order valence-electron chi connectivity index (χ2n) is 25.4. The second kappa shape index (κ2) is 19.0. The first-order valence-electron chi connectivity index (χ1n) is 27.6. The van der Waals surface area contributed by atoms with E-state index in [1.807, 2.05) is 12.2 Å². The summed E-state index contributed by atoms with van der Waals surface area (Å²) in [5, 5.41) is 7.47. The van der Waals surface area contributed by atoms with Crippen molar-refractivity contribution in [1.29, 1.82) is 0 Å². The average Bonchev–Trinajstić information content (AvgIpc) is 4.20. The normalized spacial score (nSPS) is 13.0. The summed E-state index contributed by atoms with van der Waals surface area (Å²) in [4.78, 5) is 16.4. The molecule has 0 unspecified atom stereocenters. The van der Waals surface area contributed by atoms with Crippen LogP contribution in [0.5, 0.6) is 0 Å². The summed E-state index contributed by atoms with van der Waals surface area (Å²) in [6.45, 7) is 37.0. The average molecular weight is 1070 g/mol. The van der Waals surface area contributed by atoms with Gasteiger partial charge in [-0.15, -0.1) is 22.7 Å². The maximum absolute atomic E-state index is 5.53. The lowest BCUT2D eigenvalue weighted by Crippen LogP contribution is -2.19. The van der Waals surface area contributed by atoms with E-state index in [1.54, 1.807) is 22.7 Å². The van der Waals surface area contributed by atoms with Crippen LogP contribution in [-0.2, 0) is 21.7 Å². The topological polar surface area (TPSA) is 43.6 Å². The van der Waals surface area contributed by atoms with Crippen LogP contribution in [0, 0.1) is 0 Å². The van der Waals surface area contributed by atoms with E-state index >= 15 is 0 Å². The van der Waals surface area contributed by atoms with Gasteiger partial charge in [-0.3, -0.25) is 0 Å². The smallest absolute Gasteiger partial charge is 0.164 e. The first-order chi connectivity index (χ1) is 37.6. The molecule has 0 spiro atoms. The number of benzene rings is 8. The summed E-state index contributed by atoms with van der Waals surface area (Å²) < 4.78 is 7.53. The number of rotatable bonds is 8. The zero-order valence-corrected chi connectivity index (χ0v) is 49.3. The summed E-state index contributed by atoms with van der Waals surface area (Å²) in [6, 6.07) is 56.0. The molecule has 0 saturated carbocycles. The Kier molecular flexibility index (Phi) is 12.5. The molecule has 4 heterocycles. The minimum atomic E-state index is -0.235. The van der Waals surface area contributed by atoms with Gasteiger partial charge in [0.2, 0.25) is 0 Å². The Balaban J connectivity index is 1.23. The van der Waals surface area contributed by atoms with Crippen molar-refractivity contribution in [2.45, 2.75) is 105 Å². The van der Waals surface area contributed by atoms with Gasteiger partial charge >= 0.3 is 0 Å². The molecule has 0 aliphatic rings. The van der Waals surface area contributed by atoms with Crippen molar-refractivity contribution < 1.29 is 0 Å². The largest absolute Gasteiger partial charge is 0.307 e. The molecule has 4 nitrogen and oxygen atoms in total. The fourth-order valence-corrected chi connectivity index (χ4v) is 13.7. The van der Waals surface area contributed by atoms with Gasteiger partial charge in [0.05, 0.1) is 16.7 Å². The molecular formula is C73H68N4S2. The highest BCUT2D eigenvalue weighted by molar-refractivity contribution is 7.26. The van der Waals surface area contributed by atoms with Gasteiger partial charge in [-0.2, -0.15) is 0 Å². The summed E-state index contributed by atoms with van der Waals surface area (Å²) >= 11 is 3.60. The molecule has 12 rings (SSSR count). The van der Waals surface area contributed by atoms with Crippen molar-refractivity contribution in [3.63, 3.8) is 0 Å². The van der Waals surface area contributed by atoms with Crippen LogP contribution in [0.1, 0.15) is 111 Å². The van der Waals surface area contributed by atoms with Gasteiger partial charge in [-0.25, -0.2) is 15.0 Å². The van der Waals surface area contributed by atoms with Gasteiger partial charge in [0, 0.05) is 78.9 Å². The number of hydrogen-bond donors (Lipinski definition) is 0. The Hall–Kier alpha value is -7.77. The number of fused-ring (bicyclic) bond motifs is 9. The molecule has 0 saturated heterocycles. The van der Waals surface area contributed by atoms with Gasteiger partial charge in [0.1, 0.15) is 0 Å². The van der Waals surface area contributed by atoms with Gasteiger partial charge < -0.3 is 4.57 Å². The fraction of sp³-hybridized carbons (Fsp3) is 0.219. The van der Waals surface area contributed by atoms with E-state index in [0.717, 1.165) is 44.6 Å². The molecule has 0 N–H and O–H groups in total. The maximum Gasteiger partial charge on any atom is 0.164 e. The van der Waals surface area contributed by atoms with Crippen molar-refractivity contribution >= 4 is 90.4 Å². The molecule has 392 valence electrons. The third-order valence-electron chi connectivity index (χ3n) is 15.7. The number of thiophene rings is 2. The quantitative estimate of drug-likeness (QED) is 0.142. The predicted molar refractivity (Wildman–Crippen MR) is 345 cm³/mol. The molecule has 79 heavy (non-hydrogen) atoms. The molecule has 0 aliphatic heterocycles. The third-order valence-corrected chi connectivity index (χ3v) is 18.0. The molecule has 0 atom stereocenters. The predicted octanol–water partition coefficient (Wildman–Crippen LogP) is 21.3. The molecule has 4 aromatic heterocycles. The molecule has 8 aromatic carbocycles. The van der Waals surface area contributed by atoms with Gasteiger partial charge in [-0.05, 0) is 104 Å². The minimum Gasteiger partial charge on any atom is -0.307 e. The van der Waals surface area contributed by atoms with Crippen molar-refractivity contribution in [2.24, 2.45) is 0 Å². The fourth-order valence-electron chi connectivity index (χ4n) is 11.5. The second-order valence-corrected chi connectivity index (χ2v) is 27.6. The Bertz CT molecular complexity index is 4270. The van der Waals surface area contributed by atoms with E-state index in [2.05, 4.69) is 259 Å². The van der Waals surface area contributed by atoms with Crippen LogP contribution in [0.25, 0.3) is 119 Å². The Morgan fingerprint density at radius 2 is 0.861 bits per heavy atom. The van der Waals surface area contributed by atoms with Crippen LogP contribution in [-0.4, -0.2) is 19.5 Å². The summed E-state index contributed by atoms with van der Waals surface area (Å²) in [7, 11) is 0. The Morgan fingerprint density at radius 1 is 0.418 bits per heavy atom. The first kappa shape index (κ1) is 52.0. The van der Waals surface area contributed by atoms with Crippen molar-refractivity contribution in [3.05, 3.63) is 211 Å². The van der Waals surface area contributed by atoms with Crippen molar-refractivity contribution in [1.82, 2.24) is 19.5 Å². The minimum absolute atomic E-state index is 0.0999. The molecule has 6 heteroatoms. The van der Waals surface area contributed by atoms with E-state index in [4.69, 9.17) is 15.0 Å². The van der Waals surface area contributed by atoms with E-state index in [0.29, 0.717) is 17.5 Å². The summed E-state index contributed by atoms with van der Waals surface area (Å²) in [5.74, 6) is 1.81. The van der Waals surface area contributed by atoms with E-state index in [1.165, 1.54) is 84.4 Å². The van der Waals surface area contributed by atoms with Crippen LogP contribution in [0.2, 0.25) is 0 Å². The maximum atomic E-state index is 5.53. The monoisotopic (exact) mass is 1060 g/mol. The molecule has 0 aliphatic carbocycles. The Labute approximate surface area is 473 Å². The van der Waals surface area contributed by atoms with Gasteiger partial charge in [-0.1, -0.05) is 218 Å². The lowest BCUT2D eigenvalue weighted by Gasteiger charge is -2.29. The van der Waals surface area contributed by atoms with Crippen LogP contribution in [0.4, 0.5) is 0 Å². The van der Waals surface area contributed by atoms with E-state index in [9.17, 15) is 0 Å². The SMILES string of the molecule is C=C/C=C(\C=C)c1cc(-c2nc(-c3ccc4c(c3)sc3ccccc34)nc(-c3ccc4c(c3)sc3ccccc34)n2)cc(-c2ccccc2)c1-n1c2c(C(C)(C)C)cc(C(C)(C)C)cc2c2cc(C(C)(C)C)cc(C(C)(C)C)c21. The van der Waals surface area contributed by atoms with Crippen LogP contribution in [0.3, 0.4) is 0 Å². The van der Waals surface area contributed by atoms with Gasteiger partial charge in [0.25, 0.3) is 0 Å². The third kappa shape index (κ3) is 9.13. The number of allylic oxidation sites excluding steroid dienone is 4. The van der Waals surface area contributed by atoms with Gasteiger partial charge in [0.15, 0.2) is 17.5 Å². The number of nitrogens with zero attached hydrogens (tertiary/aromatic N) is 4. The zero-order chi connectivity index (χ0) is 55.5. The molecule has 12 aromatic rings. The number of hydrogen-bond acceptors (Lipinski definition) is 5. The van der Waals surface area contributed by atoms with Crippen molar-refractivity contribution in [2.75, 3.05) is 0 Å². The standard InChI is InChI=1S/C73H68N4S2/c1-15-24-43(16-2)54-35-47(69-75-67(45-31-33-52-50-27-20-22-29-60(50)78-62(52)37-45)74-68(76-69)46-32-34-53-51-28-21-23-30-61(51)79-63(53)38-46)36-55(44-25-18-17-19-26-44)64(54)77-65-56(39-48(70(3,4)5)41-58(65)72(9,10)11)57-40-49(71(6,7)8)42-59(66(57)77)73(12,13)14/h15-42H,1-2H2,3-14H3/b43-24+. The highest BCUT2D eigenvalue weighted by Crippen LogP contribution is 2.50. The lowest BCUT2D eigenvalue weighted by molar-refractivity contribution is 0.571.